The molecule has 0 aromatic carbocycles. The molecule has 4 heteroatoms. The van der Waals surface area contributed by atoms with Crippen molar-refractivity contribution < 1.29 is 4.79 Å². The molecule has 0 aromatic heterocycles. The van der Waals surface area contributed by atoms with E-state index in [9.17, 15) is 4.79 Å². The second-order valence-corrected chi connectivity index (χ2v) is 4.08. The van der Waals surface area contributed by atoms with Crippen LogP contribution < -0.4 is 10.6 Å². The standard InChI is InChI=1S/C10H21N3O/c1-13(2)10(14)12-8-9-6-4-3-5-7-11-9/h9,11H,3-8H2,1-2H3,(H,12,14). The Hall–Kier alpha value is -0.770. The van der Waals surface area contributed by atoms with Crippen LogP contribution in [0.5, 0.6) is 0 Å². The van der Waals surface area contributed by atoms with Gasteiger partial charge in [-0.2, -0.15) is 0 Å². The average Bonchev–Trinajstić information content (AvgIpc) is 2.42. The quantitative estimate of drug-likeness (QED) is 0.690. The molecule has 0 radical (unpaired) electrons. The summed E-state index contributed by atoms with van der Waals surface area (Å²) in [6, 6.07) is 0.456. The maximum atomic E-state index is 11.3. The molecule has 1 rings (SSSR count). The number of hydrogen-bond acceptors (Lipinski definition) is 2. The minimum Gasteiger partial charge on any atom is -0.336 e. The van der Waals surface area contributed by atoms with Crippen molar-refractivity contribution in [3.63, 3.8) is 0 Å². The van der Waals surface area contributed by atoms with Crippen molar-refractivity contribution in [2.75, 3.05) is 27.2 Å². The number of carbonyl (C=O) groups excluding carboxylic acids is 1. The van der Waals surface area contributed by atoms with Gasteiger partial charge in [0, 0.05) is 26.7 Å². The van der Waals surface area contributed by atoms with Crippen molar-refractivity contribution in [3.05, 3.63) is 0 Å². The van der Waals surface area contributed by atoms with Crippen LogP contribution >= 0.6 is 0 Å². The van der Waals surface area contributed by atoms with E-state index in [1.54, 1.807) is 19.0 Å². The zero-order chi connectivity index (χ0) is 10.4. The summed E-state index contributed by atoms with van der Waals surface area (Å²) >= 11 is 0. The van der Waals surface area contributed by atoms with Gasteiger partial charge in [0.05, 0.1) is 0 Å². The van der Waals surface area contributed by atoms with Gasteiger partial charge in [-0.05, 0) is 19.4 Å². The summed E-state index contributed by atoms with van der Waals surface area (Å²) in [6.45, 7) is 1.83. The van der Waals surface area contributed by atoms with Gasteiger partial charge in [0.25, 0.3) is 0 Å². The van der Waals surface area contributed by atoms with Crippen LogP contribution in [0.3, 0.4) is 0 Å². The molecule has 0 aromatic rings. The first kappa shape index (κ1) is 11.3. The fourth-order valence-corrected chi connectivity index (χ4v) is 1.64. The van der Waals surface area contributed by atoms with Crippen LogP contribution in [0.15, 0.2) is 0 Å². The minimum absolute atomic E-state index is 0.00366. The van der Waals surface area contributed by atoms with Crippen LogP contribution in [0.2, 0.25) is 0 Å². The van der Waals surface area contributed by atoms with E-state index in [2.05, 4.69) is 10.6 Å². The number of hydrogen-bond donors (Lipinski definition) is 2. The van der Waals surface area contributed by atoms with Gasteiger partial charge in [-0.15, -0.1) is 0 Å². The van der Waals surface area contributed by atoms with Crippen LogP contribution in [0.4, 0.5) is 4.79 Å². The molecule has 82 valence electrons. The Morgan fingerprint density at radius 2 is 2.21 bits per heavy atom. The lowest BCUT2D eigenvalue weighted by Crippen LogP contribution is -2.43. The number of urea groups is 1. The van der Waals surface area contributed by atoms with E-state index in [1.807, 2.05) is 0 Å². The van der Waals surface area contributed by atoms with Crippen molar-refractivity contribution in [2.24, 2.45) is 0 Å². The first-order valence-corrected chi connectivity index (χ1v) is 5.38. The highest BCUT2D eigenvalue weighted by molar-refractivity contribution is 5.73. The molecule has 1 unspecified atom stereocenters. The third-order valence-electron chi connectivity index (χ3n) is 2.57. The van der Waals surface area contributed by atoms with E-state index in [1.165, 1.54) is 25.7 Å². The minimum atomic E-state index is -0.00366. The highest BCUT2D eigenvalue weighted by atomic mass is 16.2. The molecule has 1 aliphatic heterocycles. The van der Waals surface area contributed by atoms with E-state index in [4.69, 9.17) is 0 Å². The zero-order valence-corrected chi connectivity index (χ0v) is 9.18. The maximum Gasteiger partial charge on any atom is 0.316 e. The molecule has 2 amide bonds. The molecular formula is C10H21N3O. The van der Waals surface area contributed by atoms with E-state index >= 15 is 0 Å². The fraction of sp³-hybridized carbons (Fsp3) is 0.900. The van der Waals surface area contributed by atoms with E-state index < -0.39 is 0 Å². The Morgan fingerprint density at radius 3 is 2.93 bits per heavy atom. The highest BCUT2D eigenvalue weighted by Crippen LogP contribution is 2.07. The first-order chi connectivity index (χ1) is 6.70. The van der Waals surface area contributed by atoms with Gasteiger partial charge in [0.2, 0.25) is 0 Å². The summed E-state index contributed by atoms with van der Waals surface area (Å²) in [5.74, 6) is 0. The lowest BCUT2D eigenvalue weighted by Gasteiger charge is -2.18. The fourth-order valence-electron chi connectivity index (χ4n) is 1.64. The predicted octanol–water partition coefficient (Wildman–Crippen LogP) is 0.790. The lowest BCUT2D eigenvalue weighted by molar-refractivity contribution is 0.216. The SMILES string of the molecule is CN(C)C(=O)NCC1CCCCCN1. The summed E-state index contributed by atoms with van der Waals surface area (Å²) in [4.78, 5) is 12.8. The normalized spacial score (nSPS) is 22.6. The number of nitrogens with zero attached hydrogens (tertiary/aromatic N) is 1. The number of amides is 2. The van der Waals surface area contributed by atoms with Gasteiger partial charge in [0.15, 0.2) is 0 Å². The first-order valence-electron chi connectivity index (χ1n) is 5.38. The summed E-state index contributed by atoms with van der Waals surface area (Å²) in [6.07, 6.45) is 5.02. The van der Waals surface area contributed by atoms with Crippen molar-refractivity contribution in [2.45, 2.75) is 31.7 Å². The number of nitrogens with one attached hydrogen (secondary N) is 2. The average molecular weight is 199 g/mol. The summed E-state index contributed by atoms with van der Waals surface area (Å²) in [5.41, 5.74) is 0. The molecule has 14 heavy (non-hydrogen) atoms. The third kappa shape index (κ3) is 3.96. The number of carbonyl (C=O) groups is 1. The summed E-state index contributed by atoms with van der Waals surface area (Å²) < 4.78 is 0. The van der Waals surface area contributed by atoms with Crippen molar-refractivity contribution in [1.29, 1.82) is 0 Å². The van der Waals surface area contributed by atoms with E-state index in [-0.39, 0.29) is 6.03 Å². The Bertz CT molecular complexity index is 174. The van der Waals surface area contributed by atoms with Gasteiger partial charge in [-0.25, -0.2) is 4.79 Å². The van der Waals surface area contributed by atoms with Gasteiger partial charge < -0.3 is 15.5 Å². The van der Waals surface area contributed by atoms with E-state index in [0.29, 0.717) is 6.04 Å². The molecule has 0 spiro atoms. The second-order valence-electron chi connectivity index (χ2n) is 4.08. The highest BCUT2D eigenvalue weighted by Gasteiger charge is 2.12. The third-order valence-corrected chi connectivity index (χ3v) is 2.57. The van der Waals surface area contributed by atoms with Crippen LogP contribution in [0, 0.1) is 0 Å². The van der Waals surface area contributed by atoms with Crippen LogP contribution in [-0.4, -0.2) is 44.2 Å². The van der Waals surface area contributed by atoms with Gasteiger partial charge in [-0.1, -0.05) is 12.8 Å². The molecule has 0 aliphatic carbocycles. The van der Waals surface area contributed by atoms with Crippen molar-refractivity contribution in [3.8, 4) is 0 Å². The van der Waals surface area contributed by atoms with Gasteiger partial charge in [0.1, 0.15) is 0 Å². The molecule has 2 N–H and O–H groups in total. The van der Waals surface area contributed by atoms with Crippen molar-refractivity contribution >= 4 is 6.03 Å². The zero-order valence-electron chi connectivity index (χ0n) is 9.18. The maximum absolute atomic E-state index is 11.3. The molecule has 1 heterocycles. The van der Waals surface area contributed by atoms with Crippen molar-refractivity contribution in [1.82, 2.24) is 15.5 Å². The molecule has 4 nitrogen and oxygen atoms in total. The largest absolute Gasteiger partial charge is 0.336 e. The molecule has 0 saturated carbocycles. The van der Waals surface area contributed by atoms with Crippen LogP contribution in [0.1, 0.15) is 25.7 Å². The number of rotatable bonds is 2. The monoisotopic (exact) mass is 199 g/mol. The summed E-state index contributed by atoms with van der Waals surface area (Å²) in [7, 11) is 3.52. The second kappa shape index (κ2) is 5.86. The van der Waals surface area contributed by atoms with E-state index in [0.717, 1.165) is 13.1 Å². The molecule has 0 bridgehead atoms. The Morgan fingerprint density at radius 1 is 1.43 bits per heavy atom. The summed E-state index contributed by atoms with van der Waals surface area (Å²) in [5, 5.41) is 6.35. The Kier molecular flexibility index (Phi) is 4.73. The van der Waals surface area contributed by atoms with Crippen LogP contribution in [0.25, 0.3) is 0 Å². The Labute approximate surface area is 86.0 Å². The molecule has 1 saturated heterocycles. The molecule has 1 aliphatic rings. The topological polar surface area (TPSA) is 44.4 Å². The molecule has 1 atom stereocenters. The van der Waals surface area contributed by atoms with Crippen LogP contribution in [-0.2, 0) is 0 Å². The van der Waals surface area contributed by atoms with Gasteiger partial charge >= 0.3 is 6.03 Å². The Balaban J connectivity index is 2.19. The lowest BCUT2D eigenvalue weighted by atomic mass is 10.1. The van der Waals surface area contributed by atoms with Gasteiger partial charge in [-0.3, -0.25) is 0 Å². The molecule has 1 fully saturated rings. The smallest absolute Gasteiger partial charge is 0.316 e. The predicted molar refractivity (Wildman–Crippen MR) is 57.3 cm³/mol. The molecular weight excluding hydrogens is 178 g/mol.